The van der Waals surface area contributed by atoms with Crippen molar-refractivity contribution in [3.05, 3.63) is 0 Å². The molecular weight excluding hydrogens is 268 g/mol. The van der Waals surface area contributed by atoms with Gasteiger partial charge in [0.1, 0.15) is 5.92 Å². The molecule has 2 atom stereocenters. The summed E-state index contributed by atoms with van der Waals surface area (Å²) in [4.78, 5) is 29.4. The van der Waals surface area contributed by atoms with E-state index in [4.69, 9.17) is 4.74 Å². The highest BCUT2D eigenvalue weighted by Gasteiger charge is 2.43. The first-order valence-electron chi connectivity index (χ1n) is 8.04. The number of carbonyl (C=O) groups is 2. The molecule has 0 aliphatic carbocycles. The summed E-state index contributed by atoms with van der Waals surface area (Å²) >= 11 is 0. The van der Waals surface area contributed by atoms with E-state index in [9.17, 15) is 9.59 Å². The lowest BCUT2D eigenvalue weighted by molar-refractivity contribution is -0.161. The molecule has 0 saturated carbocycles. The quantitative estimate of drug-likeness (QED) is 0.585. The zero-order chi connectivity index (χ0) is 15.6. The van der Waals surface area contributed by atoms with Gasteiger partial charge in [0.25, 0.3) is 0 Å². The molecule has 0 aromatic rings. The molecule has 21 heavy (non-hydrogen) atoms. The average molecular weight is 296 g/mol. The van der Waals surface area contributed by atoms with Gasteiger partial charge in [-0.25, -0.2) is 0 Å². The van der Waals surface area contributed by atoms with Crippen LogP contribution in [0.4, 0.5) is 0 Å². The number of hydrogen-bond donors (Lipinski definition) is 0. The minimum absolute atomic E-state index is 0.0625. The van der Waals surface area contributed by atoms with Crippen molar-refractivity contribution in [2.24, 2.45) is 11.3 Å². The summed E-state index contributed by atoms with van der Waals surface area (Å²) in [5.74, 6) is -1.15. The van der Waals surface area contributed by atoms with Crippen LogP contribution in [0.5, 0.6) is 0 Å². The van der Waals surface area contributed by atoms with Gasteiger partial charge in [-0.15, -0.1) is 0 Å². The average Bonchev–Trinajstić information content (AvgIpc) is 2.84. The van der Waals surface area contributed by atoms with Crippen molar-refractivity contribution in [3.63, 3.8) is 0 Å². The van der Waals surface area contributed by atoms with Crippen molar-refractivity contribution in [1.29, 1.82) is 0 Å². The lowest BCUT2D eigenvalue weighted by Crippen LogP contribution is -2.55. The molecule has 2 unspecified atom stereocenters. The summed E-state index contributed by atoms with van der Waals surface area (Å²) < 4.78 is 5.13. The van der Waals surface area contributed by atoms with Gasteiger partial charge in [-0.05, 0) is 31.7 Å². The minimum atomic E-state index is -0.703. The van der Waals surface area contributed by atoms with E-state index in [1.165, 1.54) is 6.42 Å². The van der Waals surface area contributed by atoms with Crippen LogP contribution >= 0.6 is 0 Å². The smallest absolute Gasteiger partial charge is 0.319 e. The highest BCUT2D eigenvalue weighted by Crippen LogP contribution is 2.31. The minimum Gasteiger partial charge on any atom is -0.465 e. The third-order valence-electron chi connectivity index (χ3n) is 4.53. The number of nitrogens with zero attached hydrogens (tertiary/aromatic N) is 2. The van der Waals surface area contributed by atoms with Crippen LogP contribution in [-0.2, 0) is 14.3 Å². The number of amides is 1. The molecule has 0 aromatic carbocycles. The van der Waals surface area contributed by atoms with Gasteiger partial charge >= 0.3 is 5.97 Å². The zero-order valence-electron chi connectivity index (χ0n) is 13.7. The summed E-state index contributed by atoms with van der Waals surface area (Å²) in [6.07, 6.45) is 2.37. The maximum atomic E-state index is 12.9. The molecule has 2 aliphatic rings. The summed E-state index contributed by atoms with van der Waals surface area (Å²) in [6.45, 7) is 11.4. The lowest BCUT2D eigenvalue weighted by atomic mass is 9.79. The Kier molecular flexibility index (Phi) is 4.91. The van der Waals surface area contributed by atoms with Crippen molar-refractivity contribution in [2.45, 2.75) is 46.6 Å². The van der Waals surface area contributed by atoms with Crippen LogP contribution in [0.2, 0.25) is 0 Å². The van der Waals surface area contributed by atoms with Crippen molar-refractivity contribution in [1.82, 2.24) is 9.80 Å². The van der Waals surface area contributed by atoms with Crippen LogP contribution in [0.15, 0.2) is 0 Å². The Morgan fingerprint density at radius 1 is 1.24 bits per heavy atom. The Labute approximate surface area is 127 Å². The molecule has 5 nitrogen and oxygen atoms in total. The Morgan fingerprint density at radius 2 is 1.95 bits per heavy atom. The van der Waals surface area contributed by atoms with E-state index in [0.717, 1.165) is 32.6 Å². The largest absolute Gasteiger partial charge is 0.465 e. The van der Waals surface area contributed by atoms with Gasteiger partial charge in [0.2, 0.25) is 5.91 Å². The summed E-state index contributed by atoms with van der Waals surface area (Å²) in [7, 11) is 0. The van der Waals surface area contributed by atoms with Crippen LogP contribution in [0.25, 0.3) is 0 Å². The Balaban J connectivity index is 2.09. The summed E-state index contributed by atoms with van der Waals surface area (Å²) in [5, 5.41) is 0. The van der Waals surface area contributed by atoms with E-state index < -0.39 is 11.3 Å². The van der Waals surface area contributed by atoms with E-state index in [1.54, 1.807) is 6.92 Å². The van der Waals surface area contributed by atoms with Crippen molar-refractivity contribution in [3.8, 4) is 0 Å². The van der Waals surface area contributed by atoms with E-state index in [0.29, 0.717) is 12.6 Å². The zero-order valence-corrected chi connectivity index (χ0v) is 13.7. The van der Waals surface area contributed by atoms with E-state index in [1.807, 2.05) is 25.7 Å². The molecule has 1 amide bonds. The molecule has 0 bridgehead atoms. The highest BCUT2D eigenvalue weighted by molar-refractivity contribution is 5.98. The van der Waals surface area contributed by atoms with Crippen LogP contribution in [0, 0.1) is 11.3 Å². The number of hydrogen-bond acceptors (Lipinski definition) is 4. The van der Waals surface area contributed by atoms with Crippen molar-refractivity contribution < 1.29 is 14.3 Å². The topological polar surface area (TPSA) is 49.9 Å². The van der Waals surface area contributed by atoms with Gasteiger partial charge in [0.15, 0.2) is 0 Å². The second-order valence-electron chi connectivity index (χ2n) is 7.17. The van der Waals surface area contributed by atoms with Gasteiger partial charge in [-0.1, -0.05) is 20.8 Å². The second kappa shape index (κ2) is 6.34. The molecule has 0 spiro atoms. The van der Waals surface area contributed by atoms with Crippen LogP contribution < -0.4 is 0 Å². The molecule has 2 saturated heterocycles. The Hall–Kier alpha value is -1.10. The van der Waals surface area contributed by atoms with Crippen LogP contribution in [0.3, 0.4) is 0 Å². The fraction of sp³-hybridized carbons (Fsp3) is 0.875. The first-order valence-corrected chi connectivity index (χ1v) is 8.04. The number of fused-ring (bicyclic) bond motifs is 1. The number of rotatable bonds is 3. The molecule has 2 aliphatic heterocycles. The summed E-state index contributed by atoms with van der Waals surface area (Å²) in [6, 6.07) is 0.477. The molecule has 0 radical (unpaired) electrons. The molecule has 0 N–H and O–H groups in total. The standard InChI is InChI=1S/C16H28N2O3/c1-5-21-15(20)13(16(2,3)4)14(19)18-10-9-17-8-6-7-12(17)11-18/h12-13H,5-11H2,1-4H3. The monoisotopic (exact) mass is 296 g/mol. The second-order valence-corrected chi connectivity index (χ2v) is 7.17. The van der Waals surface area contributed by atoms with Crippen molar-refractivity contribution in [2.75, 3.05) is 32.8 Å². The molecule has 0 aromatic heterocycles. The highest BCUT2D eigenvalue weighted by atomic mass is 16.5. The molecule has 120 valence electrons. The molecular formula is C16H28N2O3. The van der Waals surface area contributed by atoms with Gasteiger partial charge in [-0.2, -0.15) is 0 Å². The Morgan fingerprint density at radius 3 is 2.57 bits per heavy atom. The number of carbonyl (C=O) groups excluding carboxylic acids is 2. The maximum Gasteiger partial charge on any atom is 0.319 e. The van der Waals surface area contributed by atoms with E-state index in [2.05, 4.69) is 4.90 Å². The van der Waals surface area contributed by atoms with Crippen molar-refractivity contribution >= 4 is 11.9 Å². The molecule has 2 heterocycles. The lowest BCUT2D eigenvalue weighted by Gasteiger charge is -2.40. The number of esters is 1. The van der Waals surface area contributed by atoms with Gasteiger partial charge in [-0.3, -0.25) is 14.5 Å². The fourth-order valence-corrected chi connectivity index (χ4v) is 3.42. The SMILES string of the molecule is CCOC(=O)C(C(=O)N1CCN2CCCC2C1)C(C)(C)C. The normalized spacial score (nSPS) is 24.6. The molecule has 2 rings (SSSR count). The number of piperazine rings is 1. The Bertz CT molecular complexity index is 403. The molecule has 2 fully saturated rings. The maximum absolute atomic E-state index is 12.9. The predicted octanol–water partition coefficient (Wildman–Crippen LogP) is 1.52. The predicted molar refractivity (Wildman–Crippen MR) is 80.8 cm³/mol. The fourth-order valence-electron chi connectivity index (χ4n) is 3.42. The number of ether oxygens (including phenoxy) is 1. The van der Waals surface area contributed by atoms with Gasteiger partial charge in [0, 0.05) is 25.7 Å². The van der Waals surface area contributed by atoms with Gasteiger partial charge in [0.05, 0.1) is 6.61 Å². The molecule has 5 heteroatoms. The van der Waals surface area contributed by atoms with E-state index >= 15 is 0 Å². The third kappa shape index (κ3) is 3.57. The van der Waals surface area contributed by atoms with E-state index in [-0.39, 0.29) is 11.9 Å². The van der Waals surface area contributed by atoms with Crippen LogP contribution in [0.1, 0.15) is 40.5 Å². The first-order chi connectivity index (χ1) is 9.84. The summed E-state index contributed by atoms with van der Waals surface area (Å²) in [5.41, 5.74) is -0.420. The first kappa shape index (κ1) is 16.3. The van der Waals surface area contributed by atoms with Gasteiger partial charge < -0.3 is 9.64 Å². The third-order valence-corrected chi connectivity index (χ3v) is 4.53. The van der Waals surface area contributed by atoms with Crippen LogP contribution in [-0.4, -0.2) is 60.5 Å².